The van der Waals surface area contributed by atoms with Gasteiger partial charge in [-0.05, 0) is 29.0 Å². The molecular formula is C10H11BrClN3S. The normalized spacial score (nSPS) is 11.2. The number of hydrogen-bond donors (Lipinski definition) is 0. The molecular weight excluding hydrogens is 310 g/mol. The first kappa shape index (κ1) is 12.1. The van der Waals surface area contributed by atoms with Crippen LogP contribution in [0.1, 0.15) is 4.88 Å². The van der Waals surface area contributed by atoms with Crippen molar-refractivity contribution in [1.82, 2.24) is 14.7 Å². The van der Waals surface area contributed by atoms with E-state index in [9.17, 15) is 0 Å². The van der Waals surface area contributed by atoms with E-state index in [0.29, 0.717) is 5.02 Å². The summed E-state index contributed by atoms with van der Waals surface area (Å²) in [5, 5.41) is 6.90. The van der Waals surface area contributed by atoms with E-state index in [1.54, 1.807) is 17.5 Å². The van der Waals surface area contributed by atoms with Crippen molar-refractivity contribution < 1.29 is 0 Å². The van der Waals surface area contributed by atoms with E-state index in [1.807, 2.05) is 10.9 Å². The number of rotatable bonds is 4. The van der Waals surface area contributed by atoms with Crippen molar-refractivity contribution in [3.63, 3.8) is 0 Å². The molecule has 0 fully saturated rings. The zero-order valence-corrected chi connectivity index (χ0v) is 11.9. The average molecular weight is 321 g/mol. The molecule has 0 spiro atoms. The number of halogens is 2. The molecule has 16 heavy (non-hydrogen) atoms. The van der Waals surface area contributed by atoms with Gasteiger partial charge in [-0.1, -0.05) is 11.6 Å². The van der Waals surface area contributed by atoms with Crippen LogP contribution in [0.25, 0.3) is 0 Å². The summed E-state index contributed by atoms with van der Waals surface area (Å²) in [6.07, 6.45) is 3.47. The van der Waals surface area contributed by atoms with Crippen molar-refractivity contribution in [2.24, 2.45) is 0 Å². The first-order chi connectivity index (χ1) is 7.63. The van der Waals surface area contributed by atoms with Gasteiger partial charge in [0.05, 0.1) is 17.9 Å². The Morgan fingerprint density at radius 2 is 2.44 bits per heavy atom. The van der Waals surface area contributed by atoms with Crippen LogP contribution in [0.5, 0.6) is 0 Å². The Morgan fingerprint density at radius 3 is 3.00 bits per heavy atom. The lowest BCUT2D eigenvalue weighted by Gasteiger charge is -2.15. The van der Waals surface area contributed by atoms with Gasteiger partial charge in [-0.25, -0.2) is 0 Å². The number of aromatic nitrogens is 2. The van der Waals surface area contributed by atoms with Gasteiger partial charge in [-0.2, -0.15) is 5.10 Å². The predicted octanol–water partition coefficient (Wildman–Crippen LogP) is 3.45. The van der Waals surface area contributed by atoms with Crippen molar-refractivity contribution in [1.29, 1.82) is 0 Å². The maximum Gasteiger partial charge on any atom is 0.0930 e. The van der Waals surface area contributed by atoms with Gasteiger partial charge in [0.25, 0.3) is 0 Å². The highest BCUT2D eigenvalue weighted by atomic mass is 79.9. The minimum Gasteiger partial charge on any atom is -0.282 e. The van der Waals surface area contributed by atoms with Crippen LogP contribution in [-0.2, 0) is 13.2 Å². The van der Waals surface area contributed by atoms with Crippen LogP contribution in [-0.4, -0.2) is 21.7 Å². The maximum absolute atomic E-state index is 5.80. The molecule has 0 unspecified atom stereocenters. The van der Waals surface area contributed by atoms with Crippen molar-refractivity contribution in [2.75, 3.05) is 7.05 Å². The molecule has 0 aromatic carbocycles. The Kier molecular flexibility index (Phi) is 4.02. The first-order valence-electron chi connectivity index (χ1n) is 4.73. The summed E-state index contributed by atoms with van der Waals surface area (Å²) in [5.41, 5.74) is 0. The summed E-state index contributed by atoms with van der Waals surface area (Å²) >= 11 is 11.0. The van der Waals surface area contributed by atoms with E-state index in [0.717, 1.165) is 17.7 Å². The lowest BCUT2D eigenvalue weighted by Crippen LogP contribution is -2.21. The summed E-state index contributed by atoms with van der Waals surface area (Å²) in [5.74, 6) is 0. The predicted molar refractivity (Wildman–Crippen MR) is 70.7 cm³/mol. The summed E-state index contributed by atoms with van der Waals surface area (Å²) in [7, 11) is 2.06. The molecule has 0 aliphatic carbocycles. The second-order valence-corrected chi connectivity index (χ2v) is 5.93. The van der Waals surface area contributed by atoms with Gasteiger partial charge in [-0.3, -0.25) is 9.58 Å². The van der Waals surface area contributed by atoms with Gasteiger partial charge in [0.1, 0.15) is 0 Å². The third kappa shape index (κ3) is 3.31. The average Bonchev–Trinajstić information content (AvgIpc) is 2.76. The number of nitrogens with zero attached hydrogens (tertiary/aromatic N) is 3. The topological polar surface area (TPSA) is 21.1 Å². The molecule has 3 nitrogen and oxygen atoms in total. The van der Waals surface area contributed by atoms with Crippen molar-refractivity contribution >= 4 is 38.9 Å². The van der Waals surface area contributed by atoms with Gasteiger partial charge in [0.2, 0.25) is 0 Å². The van der Waals surface area contributed by atoms with Gasteiger partial charge in [0, 0.05) is 27.5 Å². The van der Waals surface area contributed by atoms with Crippen molar-refractivity contribution in [3.8, 4) is 0 Å². The molecule has 0 atom stereocenters. The van der Waals surface area contributed by atoms with Crippen LogP contribution in [0.3, 0.4) is 0 Å². The molecule has 6 heteroatoms. The lowest BCUT2D eigenvalue weighted by molar-refractivity contribution is 0.248. The Labute approximate surface area is 112 Å². The molecule has 2 aromatic rings. The highest BCUT2D eigenvalue weighted by Gasteiger charge is 2.04. The van der Waals surface area contributed by atoms with E-state index >= 15 is 0 Å². The van der Waals surface area contributed by atoms with Crippen molar-refractivity contribution in [3.05, 3.63) is 38.2 Å². The molecule has 2 heterocycles. The fourth-order valence-corrected chi connectivity index (χ4v) is 3.10. The maximum atomic E-state index is 5.80. The molecule has 0 N–H and O–H groups in total. The summed E-state index contributed by atoms with van der Waals surface area (Å²) in [6.45, 7) is 1.65. The zero-order valence-electron chi connectivity index (χ0n) is 8.73. The fourth-order valence-electron chi connectivity index (χ4n) is 1.42. The van der Waals surface area contributed by atoms with Gasteiger partial charge >= 0.3 is 0 Å². The van der Waals surface area contributed by atoms with Gasteiger partial charge in [0.15, 0.2) is 0 Å². The molecule has 0 aliphatic heterocycles. The van der Waals surface area contributed by atoms with Crippen molar-refractivity contribution in [2.45, 2.75) is 13.2 Å². The Morgan fingerprint density at radius 1 is 1.62 bits per heavy atom. The molecule has 0 radical (unpaired) electrons. The van der Waals surface area contributed by atoms with Gasteiger partial charge in [-0.15, -0.1) is 11.3 Å². The van der Waals surface area contributed by atoms with Crippen LogP contribution in [0.2, 0.25) is 5.02 Å². The Bertz CT molecular complexity index is 426. The fraction of sp³-hybridized carbons (Fsp3) is 0.300. The molecule has 2 rings (SSSR count). The minimum absolute atomic E-state index is 0.673. The smallest absolute Gasteiger partial charge is 0.0930 e. The highest BCUT2D eigenvalue weighted by molar-refractivity contribution is 9.10. The molecule has 0 bridgehead atoms. The number of thiophene rings is 1. The molecule has 2 aromatic heterocycles. The molecule has 0 saturated carbocycles. The second kappa shape index (κ2) is 5.31. The van der Waals surface area contributed by atoms with E-state index in [4.69, 9.17) is 11.6 Å². The van der Waals surface area contributed by atoms with Crippen LogP contribution < -0.4 is 0 Å². The summed E-state index contributed by atoms with van der Waals surface area (Å²) in [6, 6.07) is 2.14. The lowest BCUT2D eigenvalue weighted by atomic mass is 10.4. The summed E-state index contributed by atoms with van der Waals surface area (Å²) < 4.78 is 2.97. The van der Waals surface area contributed by atoms with E-state index in [2.05, 4.69) is 44.4 Å². The molecule has 0 amide bonds. The van der Waals surface area contributed by atoms with E-state index in [1.165, 1.54) is 4.88 Å². The number of hydrogen-bond acceptors (Lipinski definition) is 3. The standard InChI is InChI=1S/C10H11BrClN3S/c1-14(5-10-2-8(11)6-16-10)7-15-4-9(12)3-13-15/h2-4,6H,5,7H2,1H3. The minimum atomic E-state index is 0.673. The van der Waals surface area contributed by atoms with Crippen LogP contribution in [0.4, 0.5) is 0 Å². The van der Waals surface area contributed by atoms with E-state index in [-0.39, 0.29) is 0 Å². The Balaban J connectivity index is 1.91. The van der Waals surface area contributed by atoms with Gasteiger partial charge < -0.3 is 0 Å². The largest absolute Gasteiger partial charge is 0.282 e. The third-order valence-corrected chi connectivity index (χ3v) is 3.91. The van der Waals surface area contributed by atoms with E-state index < -0.39 is 0 Å². The second-order valence-electron chi connectivity index (χ2n) is 3.58. The monoisotopic (exact) mass is 319 g/mol. The molecule has 0 saturated heterocycles. The SMILES string of the molecule is CN(Cc1cc(Br)cs1)Cn1cc(Cl)cn1. The molecule has 0 aliphatic rings. The first-order valence-corrected chi connectivity index (χ1v) is 6.78. The van der Waals surface area contributed by atoms with Crippen LogP contribution >= 0.6 is 38.9 Å². The quantitative estimate of drug-likeness (QED) is 0.860. The molecule has 86 valence electrons. The highest BCUT2D eigenvalue weighted by Crippen LogP contribution is 2.20. The Hall–Kier alpha value is -0.360. The van der Waals surface area contributed by atoms with Crippen LogP contribution in [0.15, 0.2) is 28.3 Å². The summed E-state index contributed by atoms with van der Waals surface area (Å²) in [4.78, 5) is 3.51. The van der Waals surface area contributed by atoms with Crippen LogP contribution in [0, 0.1) is 0 Å². The third-order valence-electron chi connectivity index (χ3n) is 2.04. The zero-order chi connectivity index (χ0) is 11.5.